The number of hydrogen-bond acceptors (Lipinski definition) is 3. The minimum absolute atomic E-state index is 0.259. The van der Waals surface area contributed by atoms with Gasteiger partial charge in [0.25, 0.3) is 5.91 Å². The second kappa shape index (κ2) is 6.68. The Hall–Kier alpha value is -1.84. The predicted octanol–water partition coefficient (Wildman–Crippen LogP) is 1.76. The second-order valence-corrected chi connectivity index (χ2v) is 3.55. The fourth-order valence-corrected chi connectivity index (χ4v) is 1.40. The van der Waals surface area contributed by atoms with Gasteiger partial charge in [-0.3, -0.25) is 4.79 Å². The summed E-state index contributed by atoms with van der Waals surface area (Å²) in [4.78, 5) is 23.3. The summed E-state index contributed by atoms with van der Waals surface area (Å²) in [5.41, 5.74) is 0.537. The van der Waals surface area contributed by atoms with Crippen molar-refractivity contribution in [3.8, 4) is 0 Å². The van der Waals surface area contributed by atoms with E-state index in [1.807, 2.05) is 13.0 Å². The van der Waals surface area contributed by atoms with E-state index >= 15 is 0 Å². The van der Waals surface area contributed by atoms with Crippen molar-refractivity contribution in [2.24, 2.45) is 0 Å². The molecular weight excluding hydrogens is 218 g/mol. The molecule has 0 bridgehead atoms. The van der Waals surface area contributed by atoms with Crippen LogP contribution in [0.2, 0.25) is 0 Å². The van der Waals surface area contributed by atoms with Crippen LogP contribution >= 0.6 is 0 Å². The first-order valence-electron chi connectivity index (χ1n) is 5.71. The minimum atomic E-state index is -0.581. The monoisotopic (exact) mass is 235 g/mol. The predicted molar refractivity (Wildman–Crippen MR) is 64.6 cm³/mol. The molecule has 1 N–H and O–H groups in total. The lowest BCUT2D eigenvalue weighted by Crippen LogP contribution is -2.41. The maximum atomic E-state index is 11.8. The van der Waals surface area contributed by atoms with E-state index < -0.39 is 6.04 Å². The smallest absolute Gasteiger partial charge is 0.328 e. The summed E-state index contributed by atoms with van der Waals surface area (Å²) in [5.74, 6) is -0.648. The Bertz CT molecular complexity index is 376. The fourth-order valence-electron chi connectivity index (χ4n) is 1.40. The molecule has 0 aliphatic carbocycles. The number of ether oxygens (including phenoxy) is 1. The highest BCUT2D eigenvalue weighted by molar-refractivity contribution is 5.96. The Morgan fingerprint density at radius 3 is 2.41 bits per heavy atom. The molecule has 1 aromatic carbocycles. The van der Waals surface area contributed by atoms with E-state index in [1.165, 1.54) is 0 Å². The van der Waals surface area contributed by atoms with Crippen LogP contribution in [-0.2, 0) is 9.53 Å². The van der Waals surface area contributed by atoms with Crippen molar-refractivity contribution in [1.82, 2.24) is 5.32 Å². The average molecular weight is 235 g/mol. The Balaban J connectivity index is 2.63. The molecule has 92 valence electrons. The molecule has 1 unspecified atom stereocenters. The van der Waals surface area contributed by atoms with E-state index in [-0.39, 0.29) is 11.9 Å². The zero-order valence-corrected chi connectivity index (χ0v) is 10.1. The van der Waals surface area contributed by atoms with Crippen molar-refractivity contribution in [2.45, 2.75) is 26.3 Å². The zero-order chi connectivity index (χ0) is 12.7. The maximum Gasteiger partial charge on any atom is 0.328 e. The van der Waals surface area contributed by atoms with Gasteiger partial charge in [0, 0.05) is 5.56 Å². The first-order valence-corrected chi connectivity index (χ1v) is 5.71. The molecule has 0 aromatic heterocycles. The van der Waals surface area contributed by atoms with Crippen molar-refractivity contribution in [2.75, 3.05) is 6.61 Å². The van der Waals surface area contributed by atoms with Crippen molar-refractivity contribution in [3.05, 3.63) is 35.9 Å². The van der Waals surface area contributed by atoms with Crippen LogP contribution in [-0.4, -0.2) is 24.5 Å². The second-order valence-electron chi connectivity index (χ2n) is 3.55. The Morgan fingerprint density at radius 1 is 1.24 bits per heavy atom. The van der Waals surface area contributed by atoms with Gasteiger partial charge >= 0.3 is 5.97 Å². The van der Waals surface area contributed by atoms with Crippen LogP contribution in [0.5, 0.6) is 0 Å². The maximum absolute atomic E-state index is 11.8. The zero-order valence-electron chi connectivity index (χ0n) is 10.1. The van der Waals surface area contributed by atoms with Crippen LogP contribution in [0.25, 0.3) is 0 Å². The summed E-state index contributed by atoms with van der Waals surface area (Å²) < 4.78 is 4.88. The average Bonchev–Trinajstić information content (AvgIpc) is 2.37. The molecule has 17 heavy (non-hydrogen) atoms. The third kappa shape index (κ3) is 3.90. The lowest BCUT2D eigenvalue weighted by Gasteiger charge is -2.15. The lowest BCUT2D eigenvalue weighted by atomic mass is 10.1. The summed E-state index contributed by atoms with van der Waals surface area (Å²) in [6.45, 7) is 3.88. The van der Waals surface area contributed by atoms with Crippen LogP contribution < -0.4 is 5.32 Å². The molecule has 4 heteroatoms. The molecule has 0 spiro atoms. The van der Waals surface area contributed by atoms with Gasteiger partial charge in [-0.05, 0) is 25.5 Å². The van der Waals surface area contributed by atoms with Gasteiger partial charge < -0.3 is 10.1 Å². The lowest BCUT2D eigenvalue weighted by molar-refractivity contribution is -0.145. The number of amides is 1. The first-order chi connectivity index (χ1) is 8.19. The van der Waals surface area contributed by atoms with Gasteiger partial charge in [-0.15, -0.1) is 0 Å². The van der Waals surface area contributed by atoms with Gasteiger partial charge in [-0.25, -0.2) is 4.79 Å². The molecule has 0 heterocycles. The number of carbonyl (C=O) groups excluding carboxylic acids is 2. The molecule has 0 saturated heterocycles. The molecule has 4 nitrogen and oxygen atoms in total. The molecule has 0 fully saturated rings. The fraction of sp³-hybridized carbons (Fsp3) is 0.385. The van der Waals surface area contributed by atoms with Gasteiger partial charge in [0.15, 0.2) is 0 Å². The van der Waals surface area contributed by atoms with Crippen LogP contribution in [0.1, 0.15) is 30.6 Å². The van der Waals surface area contributed by atoms with E-state index in [0.29, 0.717) is 18.6 Å². The molecule has 1 amide bonds. The van der Waals surface area contributed by atoms with Crippen molar-refractivity contribution >= 4 is 11.9 Å². The van der Waals surface area contributed by atoms with Gasteiger partial charge in [-0.1, -0.05) is 25.1 Å². The number of rotatable bonds is 5. The van der Waals surface area contributed by atoms with Gasteiger partial charge in [-0.2, -0.15) is 0 Å². The van der Waals surface area contributed by atoms with Crippen molar-refractivity contribution in [3.63, 3.8) is 0 Å². The molecule has 0 saturated carbocycles. The quantitative estimate of drug-likeness (QED) is 0.791. The highest BCUT2D eigenvalue weighted by Gasteiger charge is 2.20. The summed E-state index contributed by atoms with van der Waals surface area (Å²) in [6.07, 6.45) is 0.511. The molecule has 1 aromatic rings. The largest absolute Gasteiger partial charge is 0.464 e. The summed E-state index contributed by atoms with van der Waals surface area (Å²) in [6, 6.07) is 8.21. The van der Waals surface area contributed by atoms with E-state index in [4.69, 9.17) is 4.74 Å². The standard InChI is InChI=1S/C13H17NO3/c1-3-11(13(16)17-4-2)14-12(15)10-8-6-5-7-9-10/h5-9,11H,3-4H2,1-2H3,(H,14,15). The number of benzene rings is 1. The minimum Gasteiger partial charge on any atom is -0.464 e. The first kappa shape index (κ1) is 13.2. The Kier molecular flexibility index (Phi) is 5.20. The van der Waals surface area contributed by atoms with Crippen molar-refractivity contribution in [1.29, 1.82) is 0 Å². The van der Waals surface area contributed by atoms with E-state index in [0.717, 1.165) is 0 Å². The van der Waals surface area contributed by atoms with E-state index in [2.05, 4.69) is 5.32 Å². The third-order valence-electron chi connectivity index (χ3n) is 2.32. The summed E-state index contributed by atoms with van der Waals surface area (Å²) in [5, 5.41) is 2.65. The molecule has 0 aliphatic rings. The van der Waals surface area contributed by atoms with Gasteiger partial charge in [0.2, 0.25) is 0 Å². The molecule has 0 aliphatic heterocycles. The summed E-state index contributed by atoms with van der Waals surface area (Å²) >= 11 is 0. The molecular formula is C13H17NO3. The number of carbonyl (C=O) groups is 2. The summed E-state index contributed by atoms with van der Waals surface area (Å²) in [7, 11) is 0. The van der Waals surface area contributed by atoms with Crippen LogP contribution in [0, 0.1) is 0 Å². The van der Waals surface area contributed by atoms with Crippen LogP contribution in [0.3, 0.4) is 0 Å². The molecule has 1 rings (SSSR count). The Labute approximate surface area is 101 Å². The molecule has 0 radical (unpaired) electrons. The number of hydrogen-bond donors (Lipinski definition) is 1. The SMILES string of the molecule is CCOC(=O)C(CC)NC(=O)c1ccccc1. The van der Waals surface area contributed by atoms with E-state index in [9.17, 15) is 9.59 Å². The van der Waals surface area contributed by atoms with Crippen LogP contribution in [0.15, 0.2) is 30.3 Å². The van der Waals surface area contributed by atoms with Crippen molar-refractivity contribution < 1.29 is 14.3 Å². The van der Waals surface area contributed by atoms with Gasteiger partial charge in [0.1, 0.15) is 6.04 Å². The van der Waals surface area contributed by atoms with Crippen LogP contribution in [0.4, 0.5) is 0 Å². The number of nitrogens with one attached hydrogen (secondary N) is 1. The normalized spacial score (nSPS) is 11.6. The van der Waals surface area contributed by atoms with E-state index in [1.54, 1.807) is 31.2 Å². The molecule has 1 atom stereocenters. The highest BCUT2D eigenvalue weighted by Crippen LogP contribution is 2.01. The highest BCUT2D eigenvalue weighted by atomic mass is 16.5. The number of esters is 1. The third-order valence-corrected chi connectivity index (χ3v) is 2.32. The Morgan fingerprint density at radius 2 is 1.88 bits per heavy atom. The van der Waals surface area contributed by atoms with Gasteiger partial charge in [0.05, 0.1) is 6.61 Å². The topological polar surface area (TPSA) is 55.4 Å².